The summed E-state index contributed by atoms with van der Waals surface area (Å²) in [5.41, 5.74) is 0.955. The maximum Gasteiger partial charge on any atom is 0.161 e. The molecule has 134 valence electrons. The Morgan fingerprint density at radius 1 is 1.17 bits per heavy atom. The van der Waals surface area contributed by atoms with E-state index in [4.69, 9.17) is 14.2 Å². The number of ether oxygens (including phenoxy) is 3. The van der Waals surface area contributed by atoms with Crippen LogP contribution < -0.4 is 9.47 Å². The molecule has 0 heterocycles. The maximum absolute atomic E-state index is 6.00. The van der Waals surface area contributed by atoms with Crippen molar-refractivity contribution in [1.82, 2.24) is 0 Å². The molecule has 1 rings (SSSR count). The Morgan fingerprint density at radius 2 is 1.88 bits per heavy atom. The molecule has 1 atom stereocenters. The number of hydrogen-bond acceptors (Lipinski definition) is 3. The predicted octanol–water partition coefficient (Wildman–Crippen LogP) is 5.50. The summed E-state index contributed by atoms with van der Waals surface area (Å²) in [5.74, 6) is 2.05. The van der Waals surface area contributed by atoms with Gasteiger partial charge < -0.3 is 14.2 Å². The van der Waals surface area contributed by atoms with Crippen LogP contribution in [0.1, 0.15) is 45.6 Å². The fraction of sp³-hybridized carbons (Fsp3) is 0.524. The summed E-state index contributed by atoms with van der Waals surface area (Å²) >= 11 is 0. The Hall–Kier alpha value is -1.74. The van der Waals surface area contributed by atoms with Crippen LogP contribution in [-0.2, 0) is 4.74 Å². The Balaban J connectivity index is 2.45. The molecule has 0 saturated heterocycles. The van der Waals surface area contributed by atoms with Gasteiger partial charge in [-0.1, -0.05) is 37.6 Å². The highest BCUT2D eigenvalue weighted by molar-refractivity contribution is 5.55. The highest BCUT2D eigenvalue weighted by Gasteiger charge is 2.17. The van der Waals surface area contributed by atoms with Crippen molar-refractivity contribution in [3.8, 4) is 11.5 Å². The lowest BCUT2D eigenvalue weighted by Gasteiger charge is -2.25. The molecule has 0 N–H and O–H groups in total. The van der Waals surface area contributed by atoms with Gasteiger partial charge in [-0.3, -0.25) is 0 Å². The number of hydrogen-bond donors (Lipinski definition) is 0. The van der Waals surface area contributed by atoms with Gasteiger partial charge in [-0.2, -0.15) is 0 Å². The lowest BCUT2D eigenvalue weighted by molar-refractivity contribution is -0.00909. The van der Waals surface area contributed by atoms with Gasteiger partial charge in [0, 0.05) is 0 Å². The molecule has 0 aromatic heterocycles. The fourth-order valence-electron chi connectivity index (χ4n) is 2.45. The summed E-state index contributed by atoms with van der Waals surface area (Å²) in [6, 6.07) is 5.86. The number of rotatable bonds is 11. The van der Waals surface area contributed by atoms with Gasteiger partial charge in [-0.25, -0.2) is 0 Å². The normalized spacial score (nSPS) is 13.0. The zero-order valence-electron chi connectivity index (χ0n) is 15.8. The first-order valence-corrected chi connectivity index (χ1v) is 8.57. The van der Waals surface area contributed by atoms with E-state index in [0.717, 1.165) is 36.3 Å². The van der Waals surface area contributed by atoms with Gasteiger partial charge in [-0.15, -0.1) is 6.58 Å². The Labute approximate surface area is 147 Å². The molecule has 0 fully saturated rings. The van der Waals surface area contributed by atoms with E-state index in [2.05, 4.69) is 27.4 Å². The minimum Gasteiger partial charge on any atom is -0.493 e. The Kier molecular flexibility index (Phi) is 8.62. The zero-order chi connectivity index (χ0) is 18.0. The summed E-state index contributed by atoms with van der Waals surface area (Å²) < 4.78 is 16.6. The second-order valence-corrected chi connectivity index (χ2v) is 6.69. The molecular formula is C21H32O3. The third kappa shape index (κ3) is 7.22. The molecule has 0 radical (unpaired) electrons. The van der Waals surface area contributed by atoms with Crippen molar-refractivity contribution >= 4 is 6.08 Å². The summed E-state index contributed by atoms with van der Waals surface area (Å²) in [5, 5.41) is 0. The van der Waals surface area contributed by atoms with E-state index in [1.807, 2.05) is 36.4 Å². The van der Waals surface area contributed by atoms with Crippen LogP contribution in [0.4, 0.5) is 0 Å². The van der Waals surface area contributed by atoms with E-state index < -0.39 is 0 Å². The third-order valence-electron chi connectivity index (χ3n) is 4.13. The topological polar surface area (TPSA) is 27.7 Å². The average Bonchev–Trinajstić information content (AvgIpc) is 2.58. The standard InChI is InChI=1S/C21H32O3/c1-7-17(2)10-8-14-21(3,4)24-15-9-11-18-12-13-19(22-5)20(16-18)23-6/h7,9,11-13,16-17H,1,8,10,14-15H2,2-6H3. The lowest BCUT2D eigenvalue weighted by Crippen LogP contribution is -2.24. The van der Waals surface area contributed by atoms with Crippen LogP contribution in [0.5, 0.6) is 11.5 Å². The van der Waals surface area contributed by atoms with Gasteiger partial charge in [0.1, 0.15) is 0 Å². The first-order valence-electron chi connectivity index (χ1n) is 8.57. The molecule has 0 saturated carbocycles. The third-order valence-corrected chi connectivity index (χ3v) is 4.13. The van der Waals surface area contributed by atoms with Crippen LogP contribution in [0.2, 0.25) is 0 Å². The highest BCUT2D eigenvalue weighted by Crippen LogP contribution is 2.28. The molecule has 0 aliphatic heterocycles. The van der Waals surface area contributed by atoms with Gasteiger partial charge in [0.05, 0.1) is 26.4 Å². The zero-order valence-corrected chi connectivity index (χ0v) is 15.8. The Bertz CT molecular complexity index is 532. The fourth-order valence-corrected chi connectivity index (χ4v) is 2.45. The van der Waals surface area contributed by atoms with E-state index >= 15 is 0 Å². The predicted molar refractivity (Wildman–Crippen MR) is 102 cm³/mol. The average molecular weight is 332 g/mol. The smallest absolute Gasteiger partial charge is 0.161 e. The minimum atomic E-state index is -0.108. The van der Waals surface area contributed by atoms with Crippen molar-refractivity contribution in [2.24, 2.45) is 5.92 Å². The molecule has 0 aliphatic carbocycles. The van der Waals surface area contributed by atoms with Gasteiger partial charge in [-0.05, 0) is 50.3 Å². The van der Waals surface area contributed by atoms with Gasteiger partial charge in [0.2, 0.25) is 0 Å². The quantitative estimate of drug-likeness (QED) is 0.500. The summed E-state index contributed by atoms with van der Waals surface area (Å²) in [7, 11) is 3.28. The largest absolute Gasteiger partial charge is 0.493 e. The van der Waals surface area contributed by atoms with Crippen LogP contribution >= 0.6 is 0 Å². The molecule has 0 bridgehead atoms. The van der Waals surface area contributed by atoms with Gasteiger partial charge in [0.25, 0.3) is 0 Å². The van der Waals surface area contributed by atoms with Crippen molar-refractivity contribution in [3.05, 3.63) is 42.5 Å². The molecule has 3 nitrogen and oxygen atoms in total. The molecule has 1 unspecified atom stereocenters. The lowest BCUT2D eigenvalue weighted by atomic mass is 9.97. The first kappa shape index (κ1) is 20.3. The molecule has 0 aliphatic rings. The second-order valence-electron chi connectivity index (χ2n) is 6.69. The highest BCUT2D eigenvalue weighted by atomic mass is 16.5. The summed E-state index contributed by atoms with van der Waals surface area (Å²) in [6.45, 7) is 10.9. The van der Waals surface area contributed by atoms with E-state index in [9.17, 15) is 0 Å². The molecule has 1 aromatic rings. The molecule has 1 aromatic carbocycles. The number of methoxy groups -OCH3 is 2. The van der Waals surface area contributed by atoms with Crippen molar-refractivity contribution < 1.29 is 14.2 Å². The first-order chi connectivity index (χ1) is 11.4. The molecule has 3 heteroatoms. The van der Waals surface area contributed by atoms with Crippen LogP contribution in [0.3, 0.4) is 0 Å². The van der Waals surface area contributed by atoms with E-state index in [0.29, 0.717) is 12.5 Å². The van der Waals surface area contributed by atoms with Gasteiger partial charge >= 0.3 is 0 Å². The summed E-state index contributed by atoms with van der Waals surface area (Å²) in [4.78, 5) is 0. The Morgan fingerprint density at radius 3 is 2.50 bits per heavy atom. The molecule has 24 heavy (non-hydrogen) atoms. The van der Waals surface area contributed by atoms with Crippen LogP contribution in [0.25, 0.3) is 6.08 Å². The van der Waals surface area contributed by atoms with E-state index in [-0.39, 0.29) is 5.60 Å². The van der Waals surface area contributed by atoms with Crippen molar-refractivity contribution in [1.29, 1.82) is 0 Å². The van der Waals surface area contributed by atoms with Crippen LogP contribution in [0.15, 0.2) is 36.9 Å². The SMILES string of the molecule is C=CC(C)CCCC(C)(C)OCC=Cc1ccc(OC)c(OC)c1. The van der Waals surface area contributed by atoms with Crippen molar-refractivity contribution in [3.63, 3.8) is 0 Å². The van der Waals surface area contributed by atoms with Crippen molar-refractivity contribution in [2.75, 3.05) is 20.8 Å². The van der Waals surface area contributed by atoms with Crippen molar-refractivity contribution in [2.45, 2.75) is 45.6 Å². The summed E-state index contributed by atoms with van der Waals surface area (Å²) in [6.07, 6.45) is 9.46. The van der Waals surface area contributed by atoms with Gasteiger partial charge in [0.15, 0.2) is 11.5 Å². The maximum atomic E-state index is 6.00. The van der Waals surface area contributed by atoms with Crippen LogP contribution in [0, 0.1) is 5.92 Å². The minimum absolute atomic E-state index is 0.108. The van der Waals surface area contributed by atoms with Crippen LogP contribution in [-0.4, -0.2) is 26.4 Å². The monoisotopic (exact) mass is 332 g/mol. The number of benzene rings is 1. The van der Waals surface area contributed by atoms with E-state index in [1.54, 1.807) is 14.2 Å². The molecule has 0 spiro atoms. The second kappa shape index (κ2) is 10.2. The van der Waals surface area contributed by atoms with E-state index in [1.165, 1.54) is 0 Å². The molecular weight excluding hydrogens is 300 g/mol. The molecule has 0 amide bonds. The number of allylic oxidation sites excluding steroid dienone is 1.